The van der Waals surface area contributed by atoms with Crippen LogP contribution in [0.3, 0.4) is 0 Å². The average Bonchev–Trinajstić information content (AvgIpc) is 3.06. The molecular weight excluding hydrogens is 310 g/mol. The molecule has 1 aromatic carbocycles. The summed E-state index contributed by atoms with van der Waals surface area (Å²) in [6.07, 6.45) is 1.52. The minimum atomic E-state index is -0.672. The molecule has 1 aromatic heterocycles. The van der Waals surface area contributed by atoms with Gasteiger partial charge in [-0.05, 0) is 28.1 Å². The van der Waals surface area contributed by atoms with Crippen molar-refractivity contribution in [1.82, 2.24) is 20.2 Å². The highest BCUT2D eigenvalue weighted by Crippen LogP contribution is 2.37. The summed E-state index contributed by atoms with van der Waals surface area (Å²) in [7, 11) is 1.59. The fourth-order valence-corrected chi connectivity index (χ4v) is 2.65. The molecule has 1 aliphatic rings. The lowest BCUT2D eigenvalue weighted by atomic mass is 9.89. The molecule has 124 valence electrons. The maximum absolute atomic E-state index is 12.5. The summed E-state index contributed by atoms with van der Waals surface area (Å²) in [6, 6.07) is 6.89. The van der Waals surface area contributed by atoms with Crippen molar-refractivity contribution in [2.24, 2.45) is 5.92 Å². The van der Waals surface area contributed by atoms with E-state index in [1.165, 1.54) is 6.08 Å². The molecule has 2 aromatic rings. The largest absolute Gasteiger partial charge is 0.497 e. The van der Waals surface area contributed by atoms with Gasteiger partial charge in [0.15, 0.2) is 0 Å². The van der Waals surface area contributed by atoms with E-state index < -0.39 is 17.9 Å². The van der Waals surface area contributed by atoms with E-state index in [2.05, 4.69) is 34.0 Å². The van der Waals surface area contributed by atoms with Crippen LogP contribution in [0.25, 0.3) is 0 Å². The molecule has 0 radical (unpaired) electrons. The molecule has 24 heavy (non-hydrogen) atoms. The number of hydrogen-bond acceptors (Lipinski definition) is 7. The highest BCUT2D eigenvalue weighted by Gasteiger charge is 2.40. The van der Waals surface area contributed by atoms with Gasteiger partial charge in [0.2, 0.25) is 5.95 Å². The molecule has 2 heterocycles. The van der Waals surface area contributed by atoms with Gasteiger partial charge in [-0.2, -0.15) is 0 Å². The Morgan fingerprint density at radius 3 is 2.83 bits per heavy atom. The van der Waals surface area contributed by atoms with Gasteiger partial charge in [0.25, 0.3) is 0 Å². The molecule has 0 fully saturated rings. The number of nitrogens with one attached hydrogen (secondary N) is 1. The molecule has 1 N–H and O–H groups in total. The first-order valence-corrected chi connectivity index (χ1v) is 7.31. The summed E-state index contributed by atoms with van der Waals surface area (Å²) >= 11 is 0. The van der Waals surface area contributed by atoms with Gasteiger partial charge >= 0.3 is 5.97 Å². The Kier molecular flexibility index (Phi) is 4.28. The zero-order valence-corrected chi connectivity index (χ0v) is 13.2. The van der Waals surface area contributed by atoms with Crippen molar-refractivity contribution in [2.75, 3.05) is 19.0 Å². The second-order valence-electron chi connectivity index (χ2n) is 5.21. The van der Waals surface area contributed by atoms with Crippen molar-refractivity contribution in [2.45, 2.75) is 6.04 Å². The number of carbonyl (C=O) groups is 1. The van der Waals surface area contributed by atoms with E-state index in [0.717, 1.165) is 5.56 Å². The van der Waals surface area contributed by atoms with Crippen molar-refractivity contribution >= 4 is 11.9 Å². The van der Waals surface area contributed by atoms with Crippen LogP contribution < -0.4 is 10.1 Å². The van der Waals surface area contributed by atoms with Gasteiger partial charge in [-0.1, -0.05) is 36.5 Å². The molecule has 8 nitrogen and oxygen atoms in total. The van der Waals surface area contributed by atoms with Crippen LogP contribution >= 0.6 is 0 Å². The first-order chi connectivity index (χ1) is 11.7. The Labute approximate surface area is 138 Å². The van der Waals surface area contributed by atoms with Gasteiger partial charge in [-0.25, -0.2) is 4.68 Å². The Morgan fingerprint density at radius 2 is 2.17 bits per heavy atom. The zero-order chi connectivity index (χ0) is 17.1. The van der Waals surface area contributed by atoms with Gasteiger partial charge in [0, 0.05) is 5.70 Å². The van der Waals surface area contributed by atoms with Crippen LogP contribution in [0, 0.1) is 5.92 Å². The Morgan fingerprint density at radius 1 is 1.42 bits per heavy atom. The van der Waals surface area contributed by atoms with Crippen molar-refractivity contribution in [1.29, 1.82) is 0 Å². The van der Waals surface area contributed by atoms with Crippen molar-refractivity contribution in [3.05, 3.63) is 54.8 Å². The fraction of sp³-hybridized carbons (Fsp3) is 0.250. The third-order valence-corrected chi connectivity index (χ3v) is 3.77. The van der Waals surface area contributed by atoms with Gasteiger partial charge in [-0.15, -0.1) is 0 Å². The van der Waals surface area contributed by atoms with E-state index in [-0.39, 0.29) is 6.61 Å². The van der Waals surface area contributed by atoms with Crippen molar-refractivity contribution in [3.8, 4) is 5.75 Å². The first-order valence-electron chi connectivity index (χ1n) is 7.31. The molecule has 3 rings (SSSR count). The van der Waals surface area contributed by atoms with Crippen LogP contribution in [-0.4, -0.2) is 39.9 Å². The molecule has 0 amide bonds. The van der Waals surface area contributed by atoms with Crippen LogP contribution in [0.5, 0.6) is 5.75 Å². The van der Waals surface area contributed by atoms with Gasteiger partial charge in [0.05, 0.1) is 7.11 Å². The van der Waals surface area contributed by atoms with Gasteiger partial charge < -0.3 is 14.8 Å². The normalized spacial score (nSPS) is 19.1. The number of anilines is 1. The first kappa shape index (κ1) is 15.7. The number of rotatable bonds is 5. The lowest BCUT2D eigenvalue weighted by molar-refractivity contribution is -0.147. The minimum Gasteiger partial charge on any atom is -0.497 e. The Bertz CT molecular complexity index is 768. The number of ether oxygens (including phenoxy) is 2. The van der Waals surface area contributed by atoms with E-state index >= 15 is 0 Å². The molecule has 1 aliphatic heterocycles. The lowest BCUT2D eigenvalue weighted by Gasteiger charge is -2.32. The number of fused-ring (bicyclic) bond motifs is 1. The number of benzene rings is 1. The molecule has 8 heteroatoms. The van der Waals surface area contributed by atoms with E-state index in [1.807, 2.05) is 24.3 Å². The third kappa shape index (κ3) is 2.73. The Hall–Kier alpha value is -3.16. The Balaban J connectivity index is 2.03. The molecule has 0 bridgehead atoms. The lowest BCUT2D eigenvalue weighted by Crippen LogP contribution is -2.37. The molecule has 0 saturated carbocycles. The quantitative estimate of drug-likeness (QED) is 0.658. The molecule has 0 saturated heterocycles. The summed E-state index contributed by atoms with van der Waals surface area (Å²) in [6.45, 7) is 7.62. The number of carbonyl (C=O) groups excluding carboxylic acids is 1. The maximum atomic E-state index is 12.5. The number of aromatic nitrogens is 4. The van der Waals surface area contributed by atoms with E-state index in [1.54, 1.807) is 11.8 Å². The van der Waals surface area contributed by atoms with Crippen molar-refractivity contribution < 1.29 is 14.3 Å². The highest BCUT2D eigenvalue weighted by atomic mass is 16.5. The average molecular weight is 327 g/mol. The topological polar surface area (TPSA) is 91.2 Å². The second kappa shape index (κ2) is 6.53. The smallest absolute Gasteiger partial charge is 0.317 e. The van der Waals surface area contributed by atoms with Crippen LogP contribution in [-0.2, 0) is 9.53 Å². The highest BCUT2D eigenvalue weighted by molar-refractivity contribution is 5.79. The molecular formula is C16H17N5O3. The number of tetrazole rings is 1. The molecule has 0 spiro atoms. The van der Waals surface area contributed by atoms with Gasteiger partial charge in [-0.3, -0.25) is 4.79 Å². The number of nitrogens with zero attached hydrogens (tertiary/aromatic N) is 4. The predicted octanol–water partition coefficient (Wildman–Crippen LogP) is 1.56. The summed E-state index contributed by atoms with van der Waals surface area (Å²) in [5.41, 5.74) is 1.32. The summed E-state index contributed by atoms with van der Waals surface area (Å²) < 4.78 is 12.0. The van der Waals surface area contributed by atoms with Crippen LogP contribution in [0.1, 0.15) is 11.6 Å². The number of hydrogen-bond donors (Lipinski definition) is 1. The zero-order valence-electron chi connectivity index (χ0n) is 13.2. The number of methoxy groups -OCH3 is 1. The monoisotopic (exact) mass is 327 g/mol. The third-order valence-electron chi connectivity index (χ3n) is 3.77. The minimum absolute atomic E-state index is 0.125. The molecule has 2 atom stereocenters. The summed E-state index contributed by atoms with van der Waals surface area (Å²) in [5, 5.41) is 14.5. The molecule has 0 aliphatic carbocycles. The van der Waals surface area contributed by atoms with Crippen molar-refractivity contribution in [3.63, 3.8) is 0 Å². The van der Waals surface area contributed by atoms with Crippen LogP contribution in [0.15, 0.2) is 49.2 Å². The van der Waals surface area contributed by atoms with Crippen LogP contribution in [0.4, 0.5) is 5.95 Å². The SMILES string of the molecule is C=CCOC(=O)[C@@H]1C(=C)Nc2nnnn2[C@H]1c1ccc(OC)cc1. The summed E-state index contributed by atoms with van der Waals surface area (Å²) in [4.78, 5) is 12.5. The van der Waals surface area contributed by atoms with E-state index in [0.29, 0.717) is 17.4 Å². The predicted molar refractivity (Wildman–Crippen MR) is 86.4 cm³/mol. The van der Waals surface area contributed by atoms with Gasteiger partial charge in [0.1, 0.15) is 24.3 Å². The van der Waals surface area contributed by atoms with E-state index in [4.69, 9.17) is 9.47 Å². The summed E-state index contributed by atoms with van der Waals surface area (Å²) in [5.74, 6) is 0.0477. The van der Waals surface area contributed by atoms with Crippen LogP contribution in [0.2, 0.25) is 0 Å². The van der Waals surface area contributed by atoms with E-state index in [9.17, 15) is 4.79 Å². The second-order valence-corrected chi connectivity index (χ2v) is 5.21. The molecule has 0 unspecified atom stereocenters. The maximum Gasteiger partial charge on any atom is 0.317 e. The number of esters is 1. The standard InChI is InChI=1S/C16H17N5O3/c1-4-9-24-15(22)13-10(2)17-16-18-19-20-21(16)14(13)11-5-7-12(23-3)8-6-11/h4-8,13-14H,1-2,9H2,3H3,(H,17,18,20)/t13-,14+/m1/s1. The fourth-order valence-electron chi connectivity index (χ4n) is 2.65.